The molecule has 0 spiro atoms. The van der Waals surface area contributed by atoms with Crippen molar-refractivity contribution in [3.05, 3.63) is 22.8 Å². The van der Waals surface area contributed by atoms with Gasteiger partial charge in [0.2, 0.25) is 5.91 Å². The van der Waals surface area contributed by atoms with E-state index in [0.29, 0.717) is 6.42 Å². The van der Waals surface area contributed by atoms with Gasteiger partial charge in [-0.25, -0.2) is 0 Å². The van der Waals surface area contributed by atoms with Crippen molar-refractivity contribution < 1.29 is 9.53 Å². The summed E-state index contributed by atoms with van der Waals surface area (Å²) in [6.07, 6.45) is 0.301. The molecule has 1 atom stereocenters. The molecule has 4 nitrogen and oxygen atoms in total. The Labute approximate surface area is 109 Å². The summed E-state index contributed by atoms with van der Waals surface area (Å²) in [4.78, 5) is 11.8. The second-order valence-corrected chi connectivity index (χ2v) is 4.77. The number of hydrogen-bond donors (Lipinski definition) is 2. The smallest absolute Gasteiger partial charge is 0.226 e. The van der Waals surface area contributed by atoms with Crippen LogP contribution in [0.3, 0.4) is 0 Å². The van der Waals surface area contributed by atoms with E-state index in [-0.39, 0.29) is 11.9 Å². The van der Waals surface area contributed by atoms with Crippen LogP contribution in [0.4, 0.5) is 5.69 Å². The molecule has 1 aromatic carbocycles. The molecule has 100 valence electrons. The number of anilines is 1. The molecule has 0 saturated carbocycles. The van der Waals surface area contributed by atoms with Crippen LogP contribution in [0, 0.1) is 20.8 Å². The van der Waals surface area contributed by atoms with Crippen LogP contribution in [0.2, 0.25) is 0 Å². The molecule has 0 aliphatic heterocycles. The van der Waals surface area contributed by atoms with E-state index in [2.05, 4.69) is 5.32 Å². The van der Waals surface area contributed by atoms with Gasteiger partial charge in [0, 0.05) is 12.5 Å². The van der Waals surface area contributed by atoms with Crippen molar-refractivity contribution in [2.75, 3.05) is 12.4 Å². The van der Waals surface area contributed by atoms with Crippen LogP contribution >= 0.6 is 0 Å². The summed E-state index contributed by atoms with van der Waals surface area (Å²) in [6.45, 7) is 7.77. The summed E-state index contributed by atoms with van der Waals surface area (Å²) in [5.74, 6) is 0.639. The highest BCUT2D eigenvalue weighted by Crippen LogP contribution is 2.34. The number of aryl methyl sites for hydroxylation is 2. The van der Waals surface area contributed by atoms with E-state index in [1.165, 1.54) is 0 Å². The van der Waals surface area contributed by atoms with Crippen LogP contribution < -0.4 is 15.8 Å². The molecule has 1 aromatic rings. The number of ether oxygens (including phenoxy) is 1. The predicted molar refractivity (Wildman–Crippen MR) is 74.1 cm³/mol. The van der Waals surface area contributed by atoms with Gasteiger partial charge in [0.05, 0.1) is 12.8 Å². The van der Waals surface area contributed by atoms with Crippen molar-refractivity contribution in [3.8, 4) is 5.75 Å². The van der Waals surface area contributed by atoms with Crippen LogP contribution in [0.15, 0.2) is 6.07 Å². The maximum absolute atomic E-state index is 11.8. The Balaban J connectivity index is 3.08. The number of benzene rings is 1. The van der Waals surface area contributed by atoms with E-state index in [9.17, 15) is 4.79 Å². The fourth-order valence-corrected chi connectivity index (χ4v) is 1.94. The first kappa shape index (κ1) is 14.5. The molecule has 1 rings (SSSR count). The summed E-state index contributed by atoms with van der Waals surface area (Å²) in [6, 6.07) is 1.89. The number of hydrogen-bond acceptors (Lipinski definition) is 3. The molecule has 0 radical (unpaired) electrons. The highest BCUT2D eigenvalue weighted by atomic mass is 16.5. The fourth-order valence-electron chi connectivity index (χ4n) is 1.94. The lowest BCUT2D eigenvalue weighted by molar-refractivity contribution is -0.116. The molecule has 18 heavy (non-hydrogen) atoms. The minimum absolute atomic E-state index is 0.0883. The van der Waals surface area contributed by atoms with Gasteiger partial charge in [-0.3, -0.25) is 4.79 Å². The van der Waals surface area contributed by atoms with Gasteiger partial charge in [0.15, 0.2) is 0 Å². The quantitative estimate of drug-likeness (QED) is 0.861. The fraction of sp³-hybridized carbons (Fsp3) is 0.500. The molecule has 0 aliphatic rings. The monoisotopic (exact) mass is 250 g/mol. The normalized spacial score (nSPS) is 12.1. The van der Waals surface area contributed by atoms with Gasteiger partial charge in [0.1, 0.15) is 5.75 Å². The predicted octanol–water partition coefficient (Wildman–Crippen LogP) is 2.30. The summed E-state index contributed by atoms with van der Waals surface area (Å²) >= 11 is 0. The summed E-state index contributed by atoms with van der Waals surface area (Å²) < 4.78 is 5.40. The van der Waals surface area contributed by atoms with Gasteiger partial charge in [0.25, 0.3) is 0 Å². The van der Waals surface area contributed by atoms with E-state index >= 15 is 0 Å². The van der Waals surface area contributed by atoms with Crippen LogP contribution in [0.25, 0.3) is 0 Å². The topological polar surface area (TPSA) is 64.3 Å². The van der Waals surface area contributed by atoms with Crippen LogP contribution in [-0.2, 0) is 4.79 Å². The second-order valence-electron chi connectivity index (χ2n) is 4.77. The standard InChI is InChI=1S/C14H22N2O2/c1-8-6-9(2)13(14(18-5)11(8)4)16-12(17)7-10(3)15/h6,10H,7,15H2,1-5H3,(H,16,17). The van der Waals surface area contributed by atoms with Crippen LogP contribution in [-0.4, -0.2) is 19.1 Å². The molecule has 0 saturated heterocycles. The first-order valence-corrected chi connectivity index (χ1v) is 6.07. The summed E-state index contributed by atoms with van der Waals surface area (Å²) in [5, 5.41) is 2.89. The van der Waals surface area contributed by atoms with Crippen molar-refractivity contribution >= 4 is 11.6 Å². The Kier molecular flexibility index (Phi) is 4.73. The van der Waals surface area contributed by atoms with Gasteiger partial charge in [-0.2, -0.15) is 0 Å². The van der Waals surface area contributed by atoms with E-state index in [1.807, 2.05) is 33.8 Å². The van der Waals surface area contributed by atoms with Gasteiger partial charge in [-0.1, -0.05) is 6.07 Å². The van der Waals surface area contributed by atoms with E-state index in [0.717, 1.165) is 28.1 Å². The third kappa shape index (κ3) is 3.23. The SMILES string of the molecule is COc1c(C)c(C)cc(C)c1NC(=O)CC(C)N. The Bertz CT molecular complexity index is 454. The Hall–Kier alpha value is -1.55. The molecule has 0 fully saturated rings. The van der Waals surface area contributed by atoms with Gasteiger partial charge < -0.3 is 15.8 Å². The largest absolute Gasteiger partial charge is 0.494 e. The number of rotatable bonds is 4. The highest BCUT2D eigenvalue weighted by Gasteiger charge is 2.15. The number of carbonyl (C=O) groups excluding carboxylic acids is 1. The number of methoxy groups -OCH3 is 1. The van der Waals surface area contributed by atoms with Gasteiger partial charge >= 0.3 is 0 Å². The molecular weight excluding hydrogens is 228 g/mol. The number of amides is 1. The molecular formula is C14H22N2O2. The molecule has 4 heteroatoms. The van der Waals surface area contributed by atoms with E-state index in [1.54, 1.807) is 7.11 Å². The lowest BCUT2D eigenvalue weighted by Gasteiger charge is -2.17. The molecule has 0 heterocycles. The highest BCUT2D eigenvalue weighted by molar-refractivity contribution is 5.94. The average Bonchev–Trinajstić information content (AvgIpc) is 2.25. The number of nitrogens with two attached hydrogens (primary N) is 1. The maximum Gasteiger partial charge on any atom is 0.226 e. The Morgan fingerprint density at radius 3 is 2.50 bits per heavy atom. The molecule has 3 N–H and O–H groups in total. The first-order chi connectivity index (χ1) is 8.36. The minimum atomic E-state index is -0.150. The third-order valence-electron chi connectivity index (χ3n) is 2.96. The van der Waals surface area contributed by atoms with Crippen LogP contribution in [0.5, 0.6) is 5.75 Å². The summed E-state index contributed by atoms with van der Waals surface area (Å²) in [5.41, 5.74) is 9.54. The zero-order valence-corrected chi connectivity index (χ0v) is 11.8. The summed E-state index contributed by atoms with van der Waals surface area (Å²) in [7, 11) is 1.61. The Morgan fingerprint density at radius 2 is 2.00 bits per heavy atom. The van der Waals surface area contributed by atoms with Crippen molar-refractivity contribution in [2.24, 2.45) is 5.73 Å². The molecule has 1 amide bonds. The minimum Gasteiger partial charge on any atom is -0.494 e. The Morgan fingerprint density at radius 1 is 1.39 bits per heavy atom. The second kappa shape index (κ2) is 5.87. The van der Waals surface area contributed by atoms with E-state index < -0.39 is 0 Å². The molecule has 0 aliphatic carbocycles. The van der Waals surface area contributed by atoms with Crippen molar-refractivity contribution in [3.63, 3.8) is 0 Å². The van der Waals surface area contributed by atoms with E-state index in [4.69, 9.17) is 10.5 Å². The van der Waals surface area contributed by atoms with Gasteiger partial charge in [-0.15, -0.1) is 0 Å². The van der Waals surface area contributed by atoms with Crippen molar-refractivity contribution in [2.45, 2.75) is 40.2 Å². The van der Waals surface area contributed by atoms with Gasteiger partial charge in [-0.05, 0) is 44.4 Å². The van der Waals surface area contributed by atoms with Crippen molar-refractivity contribution in [1.82, 2.24) is 0 Å². The lowest BCUT2D eigenvalue weighted by Crippen LogP contribution is -2.24. The average molecular weight is 250 g/mol. The third-order valence-corrected chi connectivity index (χ3v) is 2.96. The van der Waals surface area contributed by atoms with Crippen LogP contribution in [0.1, 0.15) is 30.0 Å². The number of carbonyl (C=O) groups is 1. The zero-order chi connectivity index (χ0) is 13.9. The zero-order valence-electron chi connectivity index (χ0n) is 11.8. The van der Waals surface area contributed by atoms with Crippen molar-refractivity contribution in [1.29, 1.82) is 0 Å². The molecule has 1 unspecified atom stereocenters. The first-order valence-electron chi connectivity index (χ1n) is 6.07. The maximum atomic E-state index is 11.8. The molecule has 0 aromatic heterocycles. The lowest BCUT2D eigenvalue weighted by atomic mass is 10.0. The molecule has 0 bridgehead atoms. The number of nitrogens with one attached hydrogen (secondary N) is 1.